The molecule has 126 valence electrons. The molecule has 2 aromatic carbocycles. The summed E-state index contributed by atoms with van der Waals surface area (Å²) < 4.78 is 0. The van der Waals surface area contributed by atoms with Crippen LogP contribution in [0.15, 0.2) is 60.7 Å². The molecule has 0 fully saturated rings. The van der Waals surface area contributed by atoms with E-state index in [1.165, 1.54) is 0 Å². The predicted octanol–water partition coefficient (Wildman–Crippen LogP) is 4.11. The minimum Gasteiger partial charge on any atom is -0.481 e. The van der Waals surface area contributed by atoms with Crippen LogP contribution in [0.2, 0.25) is 0 Å². The lowest BCUT2D eigenvalue weighted by Crippen LogP contribution is -2.39. The van der Waals surface area contributed by atoms with E-state index in [0.717, 1.165) is 18.4 Å². The number of para-hydroxylation sites is 1. The molecule has 0 aliphatic carbocycles. The highest BCUT2D eigenvalue weighted by Crippen LogP contribution is 2.22. The number of anilines is 1. The van der Waals surface area contributed by atoms with Gasteiger partial charge in [0, 0.05) is 5.69 Å². The van der Waals surface area contributed by atoms with Crippen LogP contribution >= 0.6 is 0 Å². The molecule has 0 aliphatic heterocycles. The van der Waals surface area contributed by atoms with E-state index in [2.05, 4.69) is 0 Å². The van der Waals surface area contributed by atoms with Crippen LogP contribution in [0, 0.1) is 5.92 Å². The van der Waals surface area contributed by atoms with Gasteiger partial charge in [-0.3, -0.25) is 9.59 Å². The van der Waals surface area contributed by atoms with E-state index in [1.807, 2.05) is 67.6 Å². The Morgan fingerprint density at radius 2 is 1.58 bits per heavy atom. The normalized spacial score (nSPS) is 11.7. The van der Waals surface area contributed by atoms with E-state index >= 15 is 0 Å². The number of aliphatic carboxylic acids is 1. The van der Waals surface area contributed by atoms with Crippen LogP contribution in [0.1, 0.15) is 31.7 Å². The number of carbonyl (C=O) groups excluding carboxylic acids is 1. The van der Waals surface area contributed by atoms with Crippen LogP contribution in [0.4, 0.5) is 5.69 Å². The second kappa shape index (κ2) is 8.87. The van der Waals surface area contributed by atoms with Gasteiger partial charge in [-0.25, -0.2) is 0 Å². The van der Waals surface area contributed by atoms with E-state index in [1.54, 1.807) is 4.90 Å². The average Bonchev–Trinajstić information content (AvgIpc) is 2.61. The molecule has 1 amide bonds. The molecule has 24 heavy (non-hydrogen) atoms. The highest BCUT2D eigenvalue weighted by molar-refractivity contribution is 6.05. The summed E-state index contributed by atoms with van der Waals surface area (Å²) in [6, 6.07) is 18.9. The third kappa shape index (κ3) is 4.69. The number of unbranched alkanes of at least 4 members (excludes halogenated alkanes) is 1. The van der Waals surface area contributed by atoms with Crippen LogP contribution in [-0.4, -0.2) is 17.0 Å². The standard InChI is InChI=1S/C20H23NO3/c1-2-3-14-18(20(23)24)19(22)21(17-12-8-5-9-13-17)15-16-10-6-4-7-11-16/h4-13,18H,2-3,14-15H2,1H3,(H,23,24)/t18-/m1/s1. The third-order valence-electron chi connectivity index (χ3n) is 3.96. The SMILES string of the molecule is CCCC[C@@H](C(=O)O)C(=O)N(Cc1ccccc1)c1ccccc1. The lowest BCUT2D eigenvalue weighted by atomic mass is 10.00. The van der Waals surface area contributed by atoms with Gasteiger partial charge < -0.3 is 10.0 Å². The summed E-state index contributed by atoms with van der Waals surface area (Å²) in [6.07, 6.45) is 1.94. The summed E-state index contributed by atoms with van der Waals surface area (Å²) in [6.45, 7) is 2.35. The van der Waals surface area contributed by atoms with E-state index in [-0.39, 0.29) is 5.91 Å². The molecule has 4 heteroatoms. The average molecular weight is 325 g/mol. The van der Waals surface area contributed by atoms with E-state index in [0.29, 0.717) is 18.7 Å². The second-order valence-electron chi connectivity index (χ2n) is 5.78. The smallest absolute Gasteiger partial charge is 0.316 e. The number of hydrogen-bond acceptors (Lipinski definition) is 2. The fraction of sp³-hybridized carbons (Fsp3) is 0.300. The van der Waals surface area contributed by atoms with Gasteiger partial charge in [-0.05, 0) is 24.1 Å². The van der Waals surface area contributed by atoms with Gasteiger partial charge in [-0.15, -0.1) is 0 Å². The first kappa shape index (κ1) is 17.7. The minimum atomic E-state index is -1.05. The van der Waals surface area contributed by atoms with Crippen molar-refractivity contribution in [3.05, 3.63) is 66.2 Å². The fourth-order valence-corrected chi connectivity index (χ4v) is 2.62. The van der Waals surface area contributed by atoms with Crippen molar-refractivity contribution in [3.8, 4) is 0 Å². The van der Waals surface area contributed by atoms with Crippen LogP contribution in [0.5, 0.6) is 0 Å². The van der Waals surface area contributed by atoms with Crippen molar-refractivity contribution in [1.82, 2.24) is 0 Å². The van der Waals surface area contributed by atoms with Crippen LogP contribution in [0.25, 0.3) is 0 Å². The number of carbonyl (C=O) groups is 2. The molecule has 0 saturated heterocycles. The number of carboxylic acid groups (broad SMARTS) is 1. The Balaban J connectivity index is 2.30. The molecule has 0 heterocycles. The minimum absolute atomic E-state index is 0.356. The van der Waals surface area contributed by atoms with Gasteiger partial charge in [-0.1, -0.05) is 68.3 Å². The lowest BCUT2D eigenvalue weighted by molar-refractivity contribution is -0.146. The molecule has 0 radical (unpaired) electrons. The van der Waals surface area contributed by atoms with Crippen molar-refractivity contribution in [2.75, 3.05) is 4.90 Å². The van der Waals surface area contributed by atoms with E-state index in [9.17, 15) is 14.7 Å². The molecule has 0 aromatic heterocycles. The Kier molecular flexibility index (Phi) is 6.55. The Hall–Kier alpha value is -2.62. The van der Waals surface area contributed by atoms with Crippen LogP contribution in [-0.2, 0) is 16.1 Å². The zero-order chi connectivity index (χ0) is 17.4. The summed E-state index contributed by atoms with van der Waals surface area (Å²) in [5.41, 5.74) is 1.68. The molecule has 1 N–H and O–H groups in total. The maximum absolute atomic E-state index is 12.9. The predicted molar refractivity (Wildman–Crippen MR) is 94.7 cm³/mol. The first-order valence-electron chi connectivity index (χ1n) is 8.26. The zero-order valence-electron chi connectivity index (χ0n) is 13.9. The number of nitrogens with zero attached hydrogens (tertiary/aromatic N) is 1. The van der Waals surface area contributed by atoms with Gasteiger partial charge >= 0.3 is 5.97 Å². The largest absolute Gasteiger partial charge is 0.481 e. The molecule has 0 saturated carbocycles. The summed E-state index contributed by atoms with van der Waals surface area (Å²) in [5.74, 6) is -2.41. The van der Waals surface area contributed by atoms with Crippen molar-refractivity contribution < 1.29 is 14.7 Å². The molecule has 0 spiro atoms. The fourth-order valence-electron chi connectivity index (χ4n) is 2.62. The number of rotatable bonds is 8. The summed E-state index contributed by atoms with van der Waals surface area (Å²) in [7, 11) is 0. The highest BCUT2D eigenvalue weighted by Gasteiger charge is 2.30. The first-order valence-corrected chi connectivity index (χ1v) is 8.26. The zero-order valence-corrected chi connectivity index (χ0v) is 13.9. The summed E-state index contributed by atoms with van der Waals surface area (Å²) in [4.78, 5) is 26.1. The Bertz CT molecular complexity index is 655. The van der Waals surface area contributed by atoms with Gasteiger partial charge in [0.15, 0.2) is 0 Å². The number of benzene rings is 2. The van der Waals surface area contributed by atoms with Crippen molar-refractivity contribution >= 4 is 17.6 Å². The molecular weight excluding hydrogens is 302 g/mol. The van der Waals surface area contributed by atoms with Gasteiger partial charge in [0.25, 0.3) is 0 Å². The van der Waals surface area contributed by atoms with Crippen LogP contribution < -0.4 is 4.90 Å². The lowest BCUT2D eigenvalue weighted by Gasteiger charge is -2.26. The summed E-state index contributed by atoms with van der Waals surface area (Å²) >= 11 is 0. The molecule has 2 rings (SSSR count). The topological polar surface area (TPSA) is 57.6 Å². The van der Waals surface area contributed by atoms with Crippen LogP contribution in [0.3, 0.4) is 0 Å². The maximum atomic E-state index is 12.9. The Morgan fingerprint density at radius 3 is 2.12 bits per heavy atom. The number of amides is 1. The molecule has 0 bridgehead atoms. The van der Waals surface area contributed by atoms with Crippen molar-refractivity contribution in [2.24, 2.45) is 5.92 Å². The molecule has 0 unspecified atom stereocenters. The van der Waals surface area contributed by atoms with Gasteiger partial charge in [0.2, 0.25) is 5.91 Å². The highest BCUT2D eigenvalue weighted by atomic mass is 16.4. The molecule has 0 aliphatic rings. The molecular formula is C20H23NO3. The molecule has 4 nitrogen and oxygen atoms in total. The van der Waals surface area contributed by atoms with Crippen molar-refractivity contribution in [2.45, 2.75) is 32.7 Å². The van der Waals surface area contributed by atoms with Gasteiger partial charge in [-0.2, -0.15) is 0 Å². The van der Waals surface area contributed by atoms with Crippen molar-refractivity contribution in [3.63, 3.8) is 0 Å². The maximum Gasteiger partial charge on any atom is 0.316 e. The monoisotopic (exact) mass is 325 g/mol. The first-order chi connectivity index (χ1) is 11.6. The van der Waals surface area contributed by atoms with E-state index < -0.39 is 11.9 Å². The quantitative estimate of drug-likeness (QED) is 0.743. The Labute approximate surface area is 142 Å². The van der Waals surface area contributed by atoms with E-state index in [4.69, 9.17) is 0 Å². The molecule has 1 atom stereocenters. The second-order valence-corrected chi connectivity index (χ2v) is 5.78. The van der Waals surface area contributed by atoms with Crippen molar-refractivity contribution in [1.29, 1.82) is 0 Å². The number of carboxylic acids is 1. The third-order valence-corrected chi connectivity index (χ3v) is 3.96. The Morgan fingerprint density at radius 1 is 1.00 bits per heavy atom. The van der Waals surface area contributed by atoms with Gasteiger partial charge in [0.1, 0.15) is 5.92 Å². The summed E-state index contributed by atoms with van der Waals surface area (Å²) in [5, 5.41) is 9.48. The number of hydrogen-bond donors (Lipinski definition) is 1. The molecule has 2 aromatic rings. The van der Waals surface area contributed by atoms with Gasteiger partial charge in [0.05, 0.1) is 6.54 Å².